The predicted octanol–water partition coefficient (Wildman–Crippen LogP) is 2.72. The number of hydrogen-bond donors (Lipinski definition) is 3. The van der Waals surface area contributed by atoms with Gasteiger partial charge in [0.05, 0.1) is 12.8 Å². The van der Waals surface area contributed by atoms with Gasteiger partial charge in [0.25, 0.3) is 0 Å². The van der Waals surface area contributed by atoms with Crippen LogP contribution < -0.4 is 21.5 Å². The summed E-state index contributed by atoms with van der Waals surface area (Å²) in [5.74, 6) is 2.04. The fraction of sp³-hybridized carbons (Fsp3) is 0.412. The van der Waals surface area contributed by atoms with Gasteiger partial charge >= 0.3 is 0 Å². The van der Waals surface area contributed by atoms with E-state index < -0.39 is 0 Å². The number of rotatable bonds is 3. The Balaban J connectivity index is 2.07. The van der Waals surface area contributed by atoms with E-state index in [0.717, 1.165) is 35.5 Å². The van der Waals surface area contributed by atoms with Gasteiger partial charge in [0.2, 0.25) is 5.95 Å². The average molecular weight is 313 g/mol. The minimum Gasteiger partial charge on any atom is -0.495 e. The second kappa shape index (κ2) is 5.95. The molecule has 1 aromatic heterocycles. The number of ether oxygens (including phenoxy) is 1. The third-order valence-electron chi connectivity index (χ3n) is 4.62. The van der Waals surface area contributed by atoms with Gasteiger partial charge in [-0.2, -0.15) is 4.98 Å². The molecule has 0 radical (unpaired) electrons. The van der Waals surface area contributed by atoms with E-state index in [1.807, 2.05) is 0 Å². The lowest BCUT2D eigenvalue weighted by Crippen LogP contribution is -2.17. The number of nitrogens with zero attached hydrogens (tertiary/aromatic N) is 2. The van der Waals surface area contributed by atoms with Gasteiger partial charge in [0.1, 0.15) is 11.6 Å². The van der Waals surface area contributed by atoms with E-state index in [9.17, 15) is 0 Å². The highest BCUT2D eigenvalue weighted by molar-refractivity contribution is 5.67. The number of aromatic nitrogens is 2. The summed E-state index contributed by atoms with van der Waals surface area (Å²) in [6.45, 7) is 5.31. The predicted molar refractivity (Wildman–Crippen MR) is 92.9 cm³/mol. The molecule has 0 aliphatic carbocycles. The summed E-state index contributed by atoms with van der Waals surface area (Å²) >= 11 is 0. The Kier molecular flexibility index (Phi) is 3.98. The van der Waals surface area contributed by atoms with Crippen LogP contribution in [0.5, 0.6) is 5.75 Å². The second-order valence-corrected chi connectivity index (χ2v) is 6.09. The molecular weight excluding hydrogens is 290 g/mol. The largest absolute Gasteiger partial charge is 0.495 e. The number of methoxy groups -OCH3 is 1. The molecule has 2 atom stereocenters. The minimum absolute atomic E-state index is 0.0592. The molecule has 1 aliphatic heterocycles. The number of hydrogen-bond acceptors (Lipinski definition) is 6. The van der Waals surface area contributed by atoms with Gasteiger partial charge < -0.3 is 21.5 Å². The third-order valence-corrected chi connectivity index (χ3v) is 4.62. The van der Waals surface area contributed by atoms with Crippen molar-refractivity contribution in [2.45, 2.75) is 32.1 Å². The quantitative estimate of drug-likeness (QED) is 0.806. The van der Waals surface area contributed by atoms with E-state index in [4.69, 9.17) is 16.2 Å². The van der Waals surface area contributed by atoms with E-state index in [-0.39, 0.29) is 11.9 Å². The average Bonchev–Trinajstić information content (AvgIpc) is 2.54. The molecule has 122 valence electrons. The Morgan fingerprint density at radius 3 is 2.83 bits per heavy atom. The highest BCUT2D eigenvalue weighted by Gasteiger charge is 2.23. The van der Waals surface area contributed by atoms with Crippen LogP contribution in [-0.4, -0.2) is 23.6 Å². The molecule has 1 aliphatic rings. The summed E-state index contributed by atoms with van der Waals surface area (Å²) in [6.07, 6.45) is 2.82. The second-order valence-electron chi connectivity index (χ2n) is 6.09. The van der Waals surface area contributed by atoms with E-state index in [1.165, 1.54) is 5.56 Å². The van der Waals surface area contributed by atoms with Gasteiger partial charge in [-0.15, -0.1) is 0 Å². The molecule has 23 heavy (non-hydrogen) atoms. The van der Waals surface area contributed by atoms with Crippen molar-refractivity contribution in [1.29, 1.82) is 0 Å². The molecule has 0 saturated heterocycles. The van der Waals surface area contributed by atoms with Crippen LogP contribution in [0.3, 0.4) is 0 Å². The molecule has 0 bridgehead atoms. The number of fused-ring (bicyclic) bond motifs is 1. The Labute approximate surface area is 136 Å². The van der Waals surface area contributed by atoms with Crippen molar-refractivity contribution in [3.63, 3.8) is 0 Å². The molecule has 2 aromatic rings. The van der Waals surface area contributed by atoms with Gasteiger partial charge in [0, 0.05) is 24.2 Å². The van der Waals surface area contributed by atoms with Crippen molar-refractivity contribution in [2.75, 3.05) is 30.4 Å². The van der Waals surface area contributed by atoms with Crippen molar-refractivity contribution in [3.8, 4) is 5.75 Å². The maximum atomic E-state index is 6.02. The number of nitrogens with two attached hydrogens (primary N) is 2. The van der Waals surface area contributed by atoms with Gasteiger partial charge in [-0.05, 0) is 29.5 Å². The normalized spacial score (nSPS) is 18.0. The highest BCUT2D eigenvalue weighted by Crippen LogP contribution is 2.41. The zero-order valence-corrected chi connectivity index (χ0v) is 13.8. The summed E-state index contributed by atoms with van der Waals surface area (Å²) in [7, 11) is 1.70. The third kappa shape index (κ3) is 2.76. The molecule has 0 amide bonds. The maximum absolute atomic E-state index is 6.02. The van der Waals surface area contributed by atoms with Gasteiger partial charge in [-0.3, -0.25) is 0 Å². The molecular formula is C17H23N5O. The van der Waals surface area contributed by atoms with Crippen molar-refractivity contribution in [2.24, 2.45) is 0 Å². The summed E-state index contributed by atoms with van der Waals surface area (Å²) in [4.78, 5) is 8.14. The molecule has 0 fully saturated rings. The zero-order chi connectivity index (χ0) is 16.6. The fourth-order valence-electron chi connectivity index (χ4n) is 3.15. The van der Waals surface area contributed by atoms with Crippen molar-refractivity contribution in [3.05, 3.63) is 35.0 Å². The minimum atomic E-state index is 0.0592. The van der Waals surface area contributed by atoms with Crippen molar-refractivity contribution < 1.29 is 4.74 Å². The first-order valence-corrected chi connectivity index (χ1v) is 7.84. The fourth-order valence-corrected chi connectivity index (χ4v) is 3.15. The first-order chi connectivity index (χ1) is 11.0. The van der Waals surface area contributed by atoms with E-state index in [1.54, 1.807) is 13.3 Å². The van der Waals surface area contributed by atoms with Crippen LogP contribution in [0.15, 0.2) is 18.3 Å². The van der Waals surface area contributed by atoms with Crippen LogP contribution in [0, 0.1) is 0 Å². The Hall–Kier alpha value is -2.50. The summed E-state index contributed by atoms with van der Waals surface area (Å²) in [6, 6.07) is 4.29. The van der Waals surface area contributed by atoms with Crippen molar-refractivity contribution >= 4 is 17.5 Å². The van der Waals surface area contributed by atoms with Crippen LogP contribution in [0.1, 0.15) is 48.8 Å². The molecule has 0 saturated carbocycles. The zero-order valence-electron chi connectivity index (χ0n) is 13.8. The van der Waals surface area contributed by atoms with Crippen LogP contribution >= 0.6 is 0 Å². The molecule has 6 heteroatoms. The lowest BCUT2D eigenvalue weighted by atomic mass is 9.86. The number of nitrogens with one attached hydrogen (secondary N) is 1. The van der Waals surface area contributed by atoms with Crippen molar-refractivity contribution in [1.82, 2.24) is 9.97 Å². The van der Waals surface area contributed by atoms with Gasteiger partial charge in [-0.25, -0.2) is 4.98 Å². The van der Waals surface area contributed by atoms with E-state index >= 15 is 0 Å². The Bertz CT molecular complexity index is 731. The molecule has 2 heterocycles. The number of benzene rings is 1. The first kappa shape index (κ1) is 15.4. The Morgan fingerprint density at radius 2 is 2.13 bits per heavy atom. The van der Waals surface area contributed by atoms with Crippen LogP contribution in [-0.2, 0) is 0 Å². The smallest absolute Gasteiger partial charge is 0.221 e. The van der Waals surface area contributed by atoms with E-state index in [0.29, 0.717) is 11.7 Å². The monoisotopic (exact) mass is 313 g/mol. The molecule has 6 nitrogen and oxygen atoms in total. The van der Waals surface area contributed by atoms with E-state index in [2.05, 4.69) is 41.3 Å². The Morgan fingerprint density at radius 1 is 1.35 bits per heavy atom. The van der Waals surface area contributed by atoms with Gasteiger partial charge in [0.15, 0.2) is 0 Å². The SMILES string of the molecule is COc1cc(C(C)c2cnc(N)nc2N)cc2c1NCCC2C. The standard InChI is InChI=1S/C17H23N5O/c1-9-4-5-20-15-12(9)6-11(7-14(15)23-3)10(2)13-8-21-17(19)22-16(13)18/h6-10,20H,4-5H2,1-3H3,(H4,18,19,21,22). The molecule has 3 rings (SSSR count). The van der Waals surface area contributed by atoms with Gasteiger partial charge in [-0.1, -0.05) is 19.9 Å². The molecule has 2 unspecified atom stereocenters. The summed E-state index contributed by atoms with van der Waals surface area (Å²) in [5.41, 5.74) is 16.0. The first-order valence-electron chi connectivity index (χ1n) is 7.84. The summed E-state index contributed by atoms with van der Waals surface area (Å²) in [5, 5.41) is 3.45. The number of nitrogen functional groups attached to an aromatic ring is 2. The lowest BCUT2D eigenvalue weighted by molar-refractivity contribution is 0.414. The summed E-state index contributed by atoms with van der Waals surface area (Å²) < 4.78 is 5.59. The maximum Gasteiger partial charge on any atom is 0.221 e. The molecule has 1 aromatic carbocycles. The number of anilines is 3. The lowest BCUT2D eigenvalue weighted by Gasteiger charge is -2.27. The molecule has 0 spiro atoms. The van der Waals surface area contributed by atoms with Crippen LogP contribution in [0.2, 0.25) is 0 Å². The topological polar surface area (TPSA) is 99.1 Å². The highest BCUT2D eigenvalue weighted by atomic mass is 16.5. The van der Waals surface area contributed by atoms with Crippen LogP contribution in [0.4, 0.5) is 17.5 Å². The molecule has 5 N–H and O–H groups in total. The van der Waals surface area contributed by atoms with Crippen LogP contribution in [0.25, 0.3) is 0 Å².